The lowest BCUT2D eigenvalue weighted by molar-refractivity contribution is -0.122. The van der Waals surface area contributed by atoms with Crippen molar-refractivity contribution in [2.75, 3.05) is 0 Å². The summed E-state index contributed by atoms with van der Waals surface area (Å²) in [6.45, 7) is 7.60. The predicted molar refractivity (Wildman–Crippen MR) is 51.7 cm³/mol. The van der Waals surface area contributed by atoms with Crippen molar-refractivity contribution in [1.82, 2.24) is 0 Å². The zero-order valence-electron chi connectivity index (χ0n) is 8.05. The van der Waals surface area contributed by atoms with Gasteiger partial charge < -0.3 is 0 Å². The van der Waals surface area contributed by atoms with Crippen LogP contribution in [0.3, 0.4) is 0 Å². The lowest BCUT2D eigenvalue weighted by Gasteiger charge is -2.26. The first-order valence-corrected chi connectivity index (χ1v) is 4.87. The van der Waals surface area contributed by atoms with E-state index in [2.05, 4.69) is 0 Å². The normalized spacial score (nSPS) is 13.6. The van der Waals surface area contributed by atoms with Crippen molar-refractivity contribution < 1.29 is 4.79 Å². The van der Waals surface area contributed by atoms with Gasteiger partial charge in [0.15, 0.2) is 0 Å². The van der Waals surface area contributed by atoms with Crippen LogP contribution < -0.4 is 0 Å². The molecule has 0 fully saturated rings. The SMILES string of the molecule is CCC(=O)C(C)C(C)(C)SC#N. The van der Waals surface area contributed by atoms with E-state index in [1.165, 1.54) is 11.8 Å². The van der Waals surface area contributed by atoms with E-state index in [0.29, 0.717) is 6.42 Å². The predicted octanol–water partition coefficient (Wildman–Crippen LogP) is 2.59. The van der Waals surface area contributed by atoms with Gasteiger partial charge in [-0.2, -0.15) is 5.26 Å². The molecule has 0 aromatic heterocycles. The fourth-order valence-electron chi connectivity index (χ4n) is 0.900. The molecule has 0 aromatic rings. The van der Waals surface area contributed by atoms with Crippen LogP contribution >= 0.6 is 11.8 Å². The number of nitriles is 1. The molecule has 0 bridgehead atoms. The monoisotopic (exact) mass is 185 g/mol. The summed E-state index contributed by atoms with van der Waals surface area (Å²) in [4.78, 5) is 11.3. The second-order valence-electron chi connectivity index (χ2n) is 3.34. The molecule has 1 unspecified atom stereocenters. The van der Waals surface area contributed by atoms with Crippen molar-refractivity contribution in [3.63, 3.8) is 0 Å². The van der Waals surface area contributed by atoms with Crippen LogP contribution in [0.5, 0.6) is 0 Å². The van der Waals surface area contributed by atoms with Gasteiger partial charge >= 0.3 is 0 Å². The second kappa shape index (κ2) is 4.51. The maximum Gasteiger partial charge on any atom is 0.136 e. The highest BCUT2D eigenvalue weighted by Gasteiger charge is 2.30. The summed E-state index contributed by atoms with van der Waals surface area (Å²) in [6.07, 6.45) is 0.552. The van der Waals surface area contributed by atoms with Crippen LogP contribution in [0, 0.1) is 16.6 Å². The van der Waals surface area contributed by atoms with Gasteiger partial charge in [-0.25, -0.2) is 0 Å². The summed E-state index contributed by atoms with van der Waals surface area (Å²) in [7, 11) is 0. The Morgan fingerprint density at radius 3 is 2.50 bits per heavy atom. The molecule has 68 valence electrons. The van der Waals surface area contributed by atoms with E-state index in [0.717, 1.165) is 0 Å². The molecule has 0 radical (unpaired) electrons. The summed E-state index contributed by atoms with van der Waals surface area (Å²) in [5.74, 6) is 0.176. The number of rotatable bonds is 4. The summed E-state index contributed by atoms with van der Waals surface area (Å²) in [5, 5.41) is 10.5. The van der Waals surface area contributed by atoms with Crippen molar-refractivity contribution in [2.24, 2.45) is 5.92 Å². The molecule has 0 saturated carbocycles. The Morgan fingerprint density at radius 2 is 2.17 bits per heavy atom. The number of ketones is 1. The van der Waals surface area contributed by atoms with E-state index in [9.17, 15) is 4.79 Å². The number of hydrogen-bond donors (Lipinski definition) is 0. The van der Waals surface area contributed by atoms with Crippen LogP contribution in [-0.4, -0.2) is 10.5 Å². The van der Waals surface area contributed by atoms with Gasteiger partial charge in [-0.3, -0.25) is 4.79 Å². The van der Waals surface area contributed by atoms with E-state index < -0.39 is 0 Å². The Bertz CT molecular complexity index is 205. The van der Waals surface area contributed by atoms with Crippen LogP contribution in [0.1, 0.15) is 34.1 Å². The number of carbonyl (C=O) groups is 1. The number of thioether (sulfide) groups is 1. The average Bonchev–Trinajstić information content (AvgIpc) is 2.01. The molecule has 0 aliphatic rings. The molecule has 1 atom stereocenters. The van der Waals surface area contributed by atoms with Gasteiger partial charge in [-0.1, -0.05) is 13.8 Å². The highest BCUT2D eigenvalue weighted by atomic mass is 32.2. The molecule has 0 heterocycles. The van der Waals surface area contributed by atoms with Crippen molar-refractivity contribution in [3.05, 3.63) is 0 Å². The third-order valence-electron chi connectivity index (χ3n) is 2.18. The molecule has 0 aliphatic carbocycles. The van der Waals surface area contributed by atoms with Gasteiger partial charge in [0, 0.05) is 17.1 Å². The van der Waals surface area contributed by atoms with Crippen molar-refractivity contribution in [3.8, 4) is 5.40 Å². The maximum atomic E-state index is 11.3. The molecule has 0 N–H and O–H groups in total. The molecule has 0 amide bonds. The number of carbonyl (C=O) groups excluding carboxylic acids is 1. The number of Topliss-reactive ketones (excluding diaryl/α,β-unsaturated/α-hetero) is 1. The van der Waals surface area contributed by atoms with E-state index >= 15 is 0 Å². The van der Waals surface area contributed by atoms with Crippen LogP contribution in [-0.2, 0) is 4.79 Å². The zero-order chi connectivity index (χ0) is 9.78. The van der Waals surface area contributed by atoms with Gasteiger partial charge in [0.05, 0.1) is 0 Å². The Labute approximate surface area is 78.3 Å². The first-order valence-electron chi connectivity index (χ1n) is 4.05. The van der Waals surface area contributed by atoms with Gasteiger partial charge in [0.1, 0.15) is 11.2 Å². The third-order valence-corrected chi connectivity index (χ3v) is 3.15. The fraction of sp³-hybridized carbons (Fsp3) is 0.778. The summed E-state index contributed by atoms with van der Waals surface area (Å²) in [6, 6.07) is 0. The van der Waals surface area contributed by atoms with E-state index in [-0.39, 0.29) is 16.4 Å². The van der Waals surface area contributed by atoms with Crippen LogP contribution in [0.15, 0.2) is 0 Å². The van der Waals surface area contributed by atoms with Gasteiger partial charge in [0.2, 0.25) is 0 Å². The van der Waals surface area contributed by atoms with Crippen LogP contribution in [0.25, 0.3) is 0 Å². The minimum absolute atomic E-state index is 0.0489. The van der Waals surface area contributed by atoms with Gasteiger partial charge in [0.25, 0.3) is 0 Å². The Hall–Kier alpha value is -0.490. The Balaban J connectivity index is 4.35. The van der Waals surface area contributed by atoms with E-state index in [1.807, 2.05) is 33.1 Å². The van der Waals surface area contributed by atoms with E-state index in [1.54, 1.807) is 0 Å². The molecular formula is C9H15NOS. The molecule has 3 heteroatoms. The highest BCUT2D eigenvalue weighted by Crippen LogP contribution is 2.32. The second-order valence-corrected chi connectivity index (χ2v) is 4.78. The molecule has 12 heavy (non-hydrogen) atoms. The number of nitrogens with zero attached hydrogens (tertiary/aromatic N) is 1. The standard InChI is InChI=1S/C9H15NOS/c1-5-8(11)7(2)9(3,4)12-6-10/h7H,5H2,1-4H3. The molecule has 0 aliphatic heterocycles. The molecule has 2 nitrogen and oxygen atoms in total. The lowest BCUT2D eigenvalue weighted by atomic mass is 9.91. The molecule has 0 aromatic carbocycles. The minimum Gasteiger partial charge on any atom is -0.299 e. The quantitative estimate of drug-likeness (QED) is 0.632. The van der Waals surface area contributed by atoms with Crippen LogP contribution in [0.4, 0.5) is 0 Å². The largest absolute Gasteiger partial charge is 0.299 e. The van der Waals surface area contributed by atoms with Crippen molar-refractivity contribution in [1.29, 1.82) is 5.26 Å². The van der Waals surface area contributed by atoms with Crippen molar-refractivity contribution in [2.45, 2.75) is 38.9 Å². The average molecular weight is 185 g/mol. The van der Waals surface area contributed by atoms with Crippen LogP contribution in [0.2, 0.25) is 0 Å². The lowest BCUT2D eigenvalue weighted by Crippen LogP contribution is -2.30. The summed E-state index contributed by atoms with van der Waals surface area (Å²) in [5.41, 5.74) is 0. The third kappa shape index (κ3) is 2.86. The molecular weight excluding hydrogens is 170 g/mol. The fourth-order valence-corrected chi connectivity index (χ4v) is 1.44. The highest BCUT2D eigenvalue weighted by molar-refractivity contribution is 8.05. The Kier molecular flexibility index (Phi) is 4.33. The number of hydrogen-bond acceptors (Lipinski definition) is 3. The van der Waals surface area contributed by atoms with Gasteiger partial charge in [-0.05, 0) is 25.6 Å². The van der Waals surface area contributed by atoms with E-state index in [4.69, 9.17) is 5.26 Å². The zero-order valence-corrected chi connectivity index (χ0v) is 8.86. The summed E-state index contributed by atoms with van der Waals surface area (Å²) < 4.78 is -0.262. The topological polar surface area (TPSA) is 40.9 Å². The first kappa shape index (κ1) is 11.5. The number of thiocyanates is 1. The summed E-state index contributed by atoms with van der Waals surface area (Å²) >= 11 is 1.17. The molecule has 0 saturated heterocycles. The smallest absolute Gasteiger partial charge is 0.136 e. The molecule has 0 rings (SSSR count). The van der Waals surface area contributed by atoms with Gasteiger partial charge in [-0.15, -0.1) is 0 Å². The Morgan fingerprint density at radius 1 is 1.67 bits per heavy atom. The van der Waals surface area contributed by atoms with Crippen molar-refractivity contribution >= 4 is 17.5 Å². The maximum absolute atomic E-state index is 11.3. The molecule has 0 spiro atoms. The first-order chi connectivity index (χ1) is 5.45. The minimum atomic E-state index is -0.262.